The molecule has 0 unspecified atom stereocenters. The predicted octanol–water partition coefficient (Wildman–Crippen LogP) is 4.07. The first-order valence-electron chi connectivity index (χ1n) is 8.80. The van der Waals surface area contributed by atoms with E-state index in [-0.39, 0.29) is 26.9 Å². The molecule has 0 bridgehead atoms. The fourth-order valence-corrected chi connectivity index (χ4v) is 3.58. The van der Waals surface area contributed by atoms with E-state index in [1.165, 1.54) is 12.1 Å². The third kappa shape index (κ3) is 3.36. The van der Waals surface area contributed by atoms with E-state index in [4.69, 9.17) is 32.4 Å². The topological polar surface area (TPSA) is 93.9 Å². The summed E-state index contributed by atoms with van der Waals surface area (Å²) in [7, 11) is 0. The Morgan fingerprint density at radius 3 is 2.23 bits per heavy atom. The first-order valence-corrected chi connectivity index (χ1v) is 9.55. The van der Waals surface area contributed by atoms with Gasteiger partial charge in [-0.05, 0) is 25.1 Å². The van der Waals surface area contributed by atoms with Crippen molar-refractivity contribution < 1.29 is 28.3 Å². The van der Waals surface area contributed by atoms with E-state index in [0.717, 1.165) is 10.3 Å². The zero-order valence-corrected chi connectivity index (χ0v) is 17.0. The molecule has 0 radical (unpaired) electrons. The first-order chi connectivity index (χ1) is 14.3. The Balaban J connectivity index is 1.42. The maximum absolute atomic E-state index is 12.4. The minimum Gasteiger partial charge on any atom is -0.456 e. The van der Waals surface area contributed by atoms with Crippen LogP contribution in [0, 0.1) is 6.92 Å². The molecule has 2 amide bonds. The molecule has 1 aliphatic rings. The van der Waals surface area contributed by atoms with E-state index in [1.54, 1.807) is 19.1 Å². The maximum Gasteiger partial charge on any atom is 0.326 e. The summed E-state index contributed by atoms with van der Waals surface area (Å²) in [4.78, 5) is 50.1. The highest BCUT2D eigenvalue weighted by Crippen LogP contribution is 2.31. The molecule has 0 atom stereocenters. The summed E-state index contributed by atoms with van der Waals surface area (Å²) in [5.41, 5.74) is 1.29. The number of imide groups is 1. The third-order valence-corrected chi connectivity index (χ3v) is 5.48. The number of nitrogens with zero attached hydrogens (tertiary/aromatic N) is 1. The van der Waals surface area contributed by atoms with Gasteiger partial charge >= 0.3 is 5.97 Å². The number of carbonyl (C=O) groups excluding carboxylic acids is 4. The highest BCUT2D eigenvalue weighted by Gasteiger charge is 2.38. The van der Waals surface area contributed by atoms with Crippen LogP contribution in [0.2, 0.25) is 10.0 Å². The second-order valence-electron chi connectivity index (χ2n) is 6.64. The number of rotatable bonds is 5. The van der Waals surface area contributed by atoms with Crippen LogP contribution in [0.1, 0.15) is 36.8 Å². The Morgan fingerprint density at radius 2 is 1.63 bits per heavy atom. The van der Waals surface area contributed by atoms with Crippen molar-refractivity contribution in [2.24, 2.45) is 0 Å². The summed E-state index contributed by atoms with van der Waals surface area (Å²) in [5.74, 6) is -2.73. The third-order valence-electron chi connectivity index (χ3n) is 4.76. The average molecular weight is 446 g/mol. The molecule has 7 nitrogen and oxygen atoms in total. The van der Waals surface area contributed by atoms with E-state index < -0.39 is 36.7 Å². The Labute approximate surface area is 180 Å². The van der Waals surface area contributed by atoms with Gasteiger partial charge in [0.15, 0.2) is 12.4 Å². The van der Waals surface area contributed by atoms with Crippen molar-refractivity contribution in [3.8, 4) is 0 Å². The molecule has 2 heterocycles. The molecular weight excluding hydrogens is 433 g/mol. The fraction of sp³-hybridized carbons (Fsp3) is 0.143. The summed E-state index contributed by atoms with van der Waals surface area (Å²) < 4.78 is 10.5. The molecule has 152 valence electrons. The normalized spacial score (nSPS) is 13.1. The van der Waals surface area contributed by atoms with Gasteiger partial charge in [-0.3, -0.25) is 24.1 Å². The van der Waals surface area contributed by atoms with Crippen molar-refractivity contribution in [2.75, 3.05) is 13.2 Å². The van der Waals surface area contributed by atoms with E-state index in [1.807, 2.05) is 12.1 Å². The summed E-state index contributed by atoms with van der Waals surface area (Å²) >= 11 is 11.8. The molecule has 30 heavy (non-hydrogen) atoms. The number of carbonyl (C=O) groups is 4. The van der Waals surface area contributed by atoms with Crippen LogP contribution in [0.5, 0.6) is 0 Å². The van der Waals surface area contributed by atoms with Gasteiger partial charge in [-0.2, -0.15) is 0 Å². The van der Waals surface area contributed by atoms with Crippen LogP contribution in [0.25, 0.3) is 11.0 Å². The van der Waals surface area contributed by atoms with Gasteiger partial charge in [0.25, 0.3) is 11.8 Å². The highest BCUT2D eigenvalue weighted by molar-refractivity contribution is 6.43. The molecule has 0 saturated heterocycles. The van der Waals surface area contributed by atoms with Crippen LogP contribution >= 0.6 is 23.2 Å². The second kappa shape index (κ2) is 7.59. The van der Waals surface area contributed by atoms with E-state index >= 15 is 0 Å². The van der Waals surface area contributed by atoms with Crippen molar-refractivity contribution >= 4 is 57.7 Å². The Bertz CT molecular complexity index is 1200. The van der Waals surface area contributed by atoms with Crippen LogP contribution in [0.15, 0.2) is 40.8 Å². The van der Waals surface area contributed by atoms with Crippen LogP contribution in [0.4, 0.5) is 0 Å². The van der Waals surface area contributed by atoms with Gasteiger partial charge in [0.1, 0.15) is 12.1 Å². The number of ether oxygens (including phenoxy) is 1. The summed E-state index contributed by atoms with van der Waals surface area (Å²) in [6, 6.07) is 9.70. The first kappa shape index (κ1) is 20.1. The lowest BCUT2D eigenvalue weighted by molar-refractivity contribution is -0.142. The number of fused-ring (bicyclic) bond motifs is 2. The molecule has 0 fully saturated rings. The molecule has 3 aromatic rings. The standard InChI is InChI=1S/C21H13Cl2NO6/c1-10-11-4-2-3-5-17(11)30-19(10)16(25)9-29-18(26)8-24-20(27)12-6-14(22)15(23)7-13(12)21(24)28/h2-7H,8-9H2,1H3. The summed E-state index contributed by atoms with van der Waals surface area (Å²) in [6.07, 6.45) is 0. The number of esters is 1. The lowest BCUT2D eigenvalue weighted by Gasteiger charge is -2.12. The molecule has 4 rings (SSSR count). The van der Waals surface area contributed by atoms with Gasteiger partial charge in [-0.25, -0.2) is 0 Å². The van der Waals surface area contributed by atoms with Crippen LogP contribution in [-0.4, -0.2) is 41.6 Å². The van der Waals surface area contributed by atoms with E-state index in [2.05, 4.69) is 0 Å². The molecule has 0 saturated carbocycles. The number of benzene rings is 2. The van der Waals surface area contributed by atoms with Crippen molar-refractivity contribution in [3.05, 3.63) is 68.9 Å². The summed E-state index contributed by atoms with van der Waals surface area (Å²) in [6.45, 7) is 0.504. The number of hydrogen-bond acceptors (Lipinski definition) is 6. The molecule has 0 spiro atoms. The van der Waals surface area contributed by atoms with Crippen LogP contribution < -0.4 is 0 Å². The Morgan fingerprint density at radius 1 is 1.03 bits per heavy atom. The zero-order chi connectivity index (χ0) is 21.6. The number of halogens is 2. The second-order valence-corrected chi connectivity index (χ2v) is 7.46. The molecule has 9 heteroatoms. The van der Waals surface area contributed by atoms with Gasteiger partial charge in [-0.1, -0.05) is 41.4 Å². The van der Waals surface area contributed by atoms with Gasteiger partial charge < -0.3 is 9.15 Å². The molecule has 0 aliphatic carbocycles. The number of aryl methyl sites for hydroxylation is 1. The largest absolute Gasteiger partial charge is 0.456 e. The zero-order valence-electron chi connectivity index (χ0n) is 15.5. The number of ketones is 1. The predicted molar refractivity (Wildman–Crippen MR) is 108 cm³/mol. The molecular formula is C21H13Cl2NO6. The monoisotopic (exact) mass is 445 g/mol. The molecule has 2 aromatic carbocycles. The average Bonchev–Trinajstić information content (AvgIpc) is 3.17. The van der Waals surface area contributed by atoms with Crippen molar-refractivity contribution in [1.29, 1.82) is 0 Å². The Hall–Kier alpha value is -3.16. The quantitative estimate of drug-likeness (QED) is 0.333. The molecule has 1 aliphatic heterocycles. The molecule has 1 aromatic heterocycles. The van der Waals surface area contributed by atoms with Crippen LogP contribution in [0.3, 0.4) is 0 Å². The minimum absolute atomic E-state index is 0.0520. The SMILES string of the molecule is Cc1c(C(=O)COC(=O)CN2C(=O)c3cc(Cl)c(Cl)cc3C2=O)oc2ccccc12. The van der Waals surface area contributed by atoms with Crippen molar-refractivity contribution in [3.63, 3.8) is 0 Å². The number of amides is 2. The lowest BCUT2D eigenvalue weighted by Crippen LogP contribution is -2.36. The Kier molecular flexibility index (Phi) is 5.09. The van der Waals surface area contributed by atoms with Gasteiger partial charge in [0.2, 0.25) is 5.78 Å². The van der Waals surface area contributed by atoms with E-state index in [0.29, 0.717) is 11.1 Å². The number of para-hydroxylation sites is 1. The van der Waals surface area contributed by atoms with Gasteiger partial charge in [0, 0.05) is 10.9 Å². The summed E-state index contributed by atoms with van der Waals surface area (Å²) in [5, 5.41) is 1.02. The minimum atomic E-state index is -0.913. The number of furan rings is 1. The highest BCUT2D eigenvalue weighted by atomic mass is 35.5. The fourth-order valence-electron chi connectivity index (χ4n) is 3.25. The van der Waals surface area contributed by atoms with E-state index in [9.17, 15) is 19.2 Å². The smallest absolute Gasteiger partial charge is 0.326 e. The van der Waals surface area contributed by atoms with Gasteiger partial charge in [-0.15, -0.1) is 0 Å². The number of hydrogen-bond donors (Lipinski definition) is 0. The van der Waals surface area contributed by atoms with Crippen molar-refractivity contribution in [1.82, 2.24) is 4.90 Å². The van der Waals surface area contributed by atoms with Crippen LogP contribution in [-0.2, 0) is 9.53 Å². The molecule has 0 N–H and O–H groups in total. The maximum atomic E-state index is 12.4. The lowest BCUT2D eigenvalue weighted by atomic mass is 10.1. The van der Waals surface area contributed by atoms with Gasteiger partial charge in [0.05, 0.1) is 21.2 Å². The van der Waals surface area contributed by atoms with Crippen molar-refractivity contribution in [2.45, 2.75) is 6.92 Å². The number of Topliss-reactive ketones (excluding diaryl/α,β-unsaturated/α-hetero) is 1.